The van der Waals surface area contributed by atoms with Gasteiger partial charge in [-0.2, -0.15) is 4.31 Å². The number of piperidine rings is 1. The Bertz CT molecular complexity index is 658. The zero-order chi connectivity index (χ0) is 18.1. The number of carbonyl (C=O) groups excluding carboxylic acids is 1. The molecule has 2 N–H and O–H groups in total. The van der Waals surface area contributed by atoms with Crippen molar-refractivity contribution in [3.8, 4) is 0 Å². The molecule has 0 aliphatic carbocycles. The lowest BCUT2D eigenvalue weighted by Gasteiger charge is -2.26. The van der Waals surface area contributed by atoms with Crippen LogP contribution in [0.2, 0.25) is 0 Å². The first-order valence-electron chi connectivity index (χ1n) is 8.64. The van der Waals surface area contributed by atoms with Gasteiger partial charge in [-0.05, 0) is 31.0 Å². The van der Waals surface area contributed by atoms with Crippen molar-refractivity contribution in [3.63, 3.8) is 0 Å². The van der Waals surface area contributed by atoms with Crippen molar-refractivity contribution in [2.75, 3.05) is 46.4 Å². The number of nitrogens with one attached hydrogen (secondary N) is 2. The number of hydrogen-bond donors (Lipinski definition) is 2. The van der Waals surface area contributed by atoms with Crippen molar-refractivity contribution in [1.29, 1.82) is 0 Å². The molecule has 25 heavy (non-hydrogen) atoms. The zero-order valence-electron chi connectivity index (χ0n) is 14.7. The van der Waals surface area contributed by atoms with E-state index in [0.717, 1.165) is 25.8 Å². The predicted molar refractivity (Wildman–Crippen MR) is 96.1 cm³/mol. The van der Waals surface area contributed by atoms with Crippen LogP contribution in [0, 0.1) is 0 Å². The molecule has 140 valence electrons. The Morgan fingerprint density at radius 3 is 2.64 bits per heavy atom. The lowest BCUT2D eigenvalue weighted by molar-refractivity contribution is 0.0953. The van der Waals surface area contributed by atoms with Gasteiger partial charge in [0.1, 0.15) is 0 Å². The summed E-state index contributed by atoms with van der Waals surface area (Å²) in [6.45, 7) is 3.52. The van der Waals surface area contributed by atoms with Gasteiger partial charge < -0.3 is 15.4 Å². The number of amides is 1. The van der Waals surface area contributed by atoms with Crippen molar-refractivity contribution >= 4 is 15.9 Å². The average molecular weight is 369 g/mol. The van der Waals surface area contributed by atoms with Gasteiger partial charge in [0.15, 0.2) is 0 Å². The van der Waals surface area contributed by atoms with E-state index in [-0.39, 0.29) is 10.8 Å². The highest BCUT2D eigenvalue weighted by Gasteiger charge is 2.26. The number of ether oxygens (including phenoxy) is 1. The van der Waals surface area contributed by atoms with Gasteiger partial charge in [-0.25, -0.2) is 8.42 Å². The Kier molecular flexibility index (Phi) is 7.83. The topological polar surface area (TPSA) is 87.7 Å². The van der Waals surface area contributed by atoms with E-state index in [9.17, 15) is 13.2 Å². The molecule has 1 amide bonds. The van der Waals surface area contributed by atoms with Crippen molar-refractivity contribution in [2.45, 2.75) is 24.2 Å². The summed E-state index contributed by atoms with van der Waals surface area (Å²) in [5, 5.41) is 5.91. The van der Waals surface area contributed by atoms with Crippen LogP contribution in [0.25, 0.3) is 0 Å². The largest absolute Gasteiger partial charge is 0.383 e. The Morgan fingerprint density at radius 1 is 1.16 bits per heavy atom. The molecule has 2 rings (SSSR count). The minimum absolute atomic E-state index is 0.181. The van der Waals surface area contributed by atoms with Gasteiger partial charge in [0.25, 0.3) is 5.91 Å². The van der Waals surface area contributed by atoms with Gasteiger partial charge in [0.05, 0.1) is 11.5 Å². The van der Waals surface area contributed by atoms with Crippen molar-refractivity contribution in [3.05, 3.63) is 29.8 Å². The molecule has 1 heterocycles. The fourth-order valence-corrected chi connectivity index (χ4v) is 4.28. The van der Waals surface area contributed by atoms with Crippen LogP contribution in [0.1, 0.15) is 29.6 Å². The Labute approximate surface area is 149 Å². The molecule has 0 unspecified atom stereocenters. The summed E-state index contributed by atoms with van der Waals surface area (Å²) in [5.74, 6) is -0.274. The van der Waals surface area contributed by atoms with Crippen LogP contribution < -0.4 is 10.6 Å². The average Bonchev–Trinajstić information content (AvgIpc) is 2.65. The molecular weight excluding hydrogens is 342 g/mol. The lowest BCUT2D eigenvalue weighted by Crippen LogP contribution is -2.36. The minimum Gasteiger partial charge on any atom is -0.383 e. The molecule has 1 aromatic rings. The molecule has 7 nitrogen and oxygen atoms in total. The molecule has 0 bridgehead atoms. The summed E-state index contributed by atoms with van der Waals surface area (Å²) in [4.78, 5) is 12.4. The molecular formula is C17H27N3O4S. The number of benzene rings is 1. The molecule has 1 aliphatic rings. The summed E-state index contributed by atoms with van der Waals surface area (Å²) >= 11 is 0. The number of hydrogen-bond acceptors (Lipinski definition) is 5. The third-order valence-electron chi connectivity index (χ3n) is 4.12. The number of sulfonamides is 1. The van der Waals surface area contributed by atoms with E-state index in [1.165, 1.54) is 10.4 Å². The fourth-order valence-electron chi connectivity index (χ4n) is 2.72. The van der Waals surface area contributed by atoms with E-state index in [1.807, 2.05) is 0 Å². The van der Waals surface area contributed by atoms with E-state index >= 15 is 0 Å². The first kappa shape index (κ1) is 19.8. The van der Waals surface area contributed by atoms with Crippen LogP contribution in [0.3, 0.4) is 0 Å². The number of methoxy groups -OCH3 is 1. The first-order valence-corrected chi connectivity index (χ1v) is 10.1. The summed E-state index contributed by atoms with van der Waals surface area (Å²) in [6.07, 6.45) is 2.83. The van der Waals surface area contributed by atoms with Crippen LogP contribution >= 0.6 is 0 Å². The third kappa shape index (κ3) is 5.78. The molecule has 1 aromatic carbocycles. The van der Waals surface area contributed by atoms with Crippen LogP contribution in [-0.2, 0) is 14.8 Å². The maximum atomic E-state index is 12.7. The van der Waals surface area contributed by atoms with Crippen molar-refractivity contribution in [2.24, 2.45) is 0 Å². The normalized spacial score (nSPS) is 15.9. The zero-order valence-corrected chi connectivity index (χ0v) is 15.5. The van der Waals surface area contributed by atoms with Crippen LogP contribution in [-0.4, -0.2) is 65.1 Å². The Hall–Kier alpha value is -1.48. The highest BCUT2D eigenvalue weighted by molar-refractivity contribution is 7.89. The second kappa shape index (κ2) is 9.86. The molecule has 0 radical (unpaired) electrons. The van der Waals surface area contributed by atoms with Gasteiger partial charge in [0.2, 0.25) is 10.0 Å². The van der Waals surface area contributed by atoms with E-state index < -0.39 is 10.0 Å². The van der Waals surface area contributed by atoms with E-state index in [2.05, 4.69) is 10.6 Å². The van der Waals surface area contributed by atoms with Crippen molar-refractivity contribution < 1.29 is 17.9 Å². The Balaban J connectivity index is 1.94. The molecule has 0 atom stereocenters. The lowest BCUT2D eigenvalue weighted by atomic mass is 10.2. The van der Waals surface area contributed by atoms with Gasteiger partial charge in [-0.3, -0.25) is 4.79 Å². The predicted octanol–water partition coefficient (Wildman–Crippen LogP) is 0.827. The SMILES string of the molecule is COCCNCCNC(=O)c1cccc(S(=O)(=O)N2CCCCC2)c1. The van der Waals surface area contributed by atoms with Crippen LogP contribution in [0.4, 0.5) is 0 Å². The second-order valence-electron chi connectivity index (χ2n) is 5.99. The van der Waals surface area contributed by atoms with E-state index in [0.29, 0.717) is 38.3 Å². The molecule has 1 fully saturated rings. The smallest absolute Gasteiger partial charge is 0.251 e. The number of rotatable bonds is 9. The van der Waals surface area contributed by atoms with Gasteiger partial charge in [-0.1, -0.05) is 12.5 Å². The summed E-state index contributed by atoms with van der Waals surface area (Å²) in [5.41, 5.74) is 0.356. The molecule has 1 saturated heterocycles. The Morgan fingerprint density at radius 2 is 1.92 bits per heavy atom. The van der Waals surface area contributed by atoms with Crippen molar-refractivity contribution in [1.82, 2.24) is 14.9 Å². The minimum atomic E-state index is -3.53. The third-order valence-corrected chi connectivity index (χ3v) is 6.01. The molecule has 8 heteroatoms. The first-order chi connectivity index (χ1) is 12.1. The van der Waals surface area contributed by atoms with Crippen LogP contribution in [0.15, 0.2) is 29.2 Å². The van der Waals surface area contributed by atoms with Gasteiger partial charge >= 0.3 is 0 Å². The van der Waals surface area contributed by atoms with Crippen LogP contribution in [0.5, 0.6) is 0 Å². The van der Waals surface area contributed by atoms with E-state index in [1.54, 1.807) is 25.3 Å². The van der Waals surface area contributed by atoms with E-state index in [4.69, 9.17) is 4.74 Å². The number of carbonyl (C=O) groups is 1. The second-order valence-corrected chi connectivity index (χ2v) is 7.93. The monoisotopic (exact) mass is 369 g/mol. The van der Waals surface area contributed by atoms with Gasteiger partial charge in [-0.15, -0.1) is 0 Å². The highest BCUT2D eigenvalue weighted by atomic mass is 32.2. The summed E-state index contributed by atoms with van der Waals surface area (Å²) in [7, 11) is -1.89. The number of nitrogens with zero attached hydrogens (tertiary/aromatic N) is 1. The molecule has 0 saturated carbocycles. The van der Waals surface area contributed by atoms with Gasteiger partial charge in [0, 0.05) is 45.4 Å². The highest BCUT2D eigenvalue weighted by Crippen LogP contribution is 2.21. The molecule has 0 aromatic heterocycles. The molecule has 0 spiro atoms. The maximum Gasteiger partial charge on any atom is 0.251 e. The summed E-state index contributed by atoms with van der Waals surface area (Å²) in [6, 6.07) is 6.25. The molecule has 1 aliphatic heterocycles. The summed E-state index contributed by atoms with van der Waals surface area (Å²) < 4.78 is 31.8. The quantitative estimate of drug-likeness (QED) is 0.630. The standard InChI is InChI=1S/C17H27N3O4S/c1-24-13-10-18-8-9-19-17(21)15-6-5-7-16(14-15)25(22,23)20-11-3-2-4-12-20/h5-7,14,18H,2-4,8-13H2,1H3,(H,19,21). The fraction of sp³-hybridized carbons (Fsp3) is 0.588. The maximum absolute atomic E-state index is 12.7.